The van der Waals surface area contributed by atoms with E-state index in [0.29, 0.717) is 5.56 Å². The average Bonchev–Trinajstić information content (AvgIpc) is 2.47. The van der Waals surface area contributed by atoms with Crippen molar-refractivity contribution >= 4 is 11.6 Å². The summed E-state index contributed by atoms with van der Waals surface area (Å²) in [6, 6.07) is 13.9. The zero-order valence-electron chi connectivity index (χ0n) is 12.4. The number of aryl methyl sites for hydroxylation is 3. The molecule has 0 atom stereocenters. The van der Waals surface area contributed by atoms with Crippen LogP contribution in [0.4, 0.5) is 5.69 Å². The molecule has 0 saturated carbocycles. The molecule has 2 heteroatoms. The van der Waals surface area contributed by atoms with Crippen LogP contribution in [0.5, 0.6) is 0 Å². The predicted octanol–water partition coefficient (Wildman–Crippen LogP) is 4.37. The number of rotatable bonds is 4. The van der Waals surface area contributed by atoms with E-state index in [0.717, 1.165) is 24.1 Å². The lowest BCUT2D eigenvalue weighted by molar-refractivity contribution is 0.102. The summed E-state index contributed by atoms with van der Waals surface area (Å²) in [5.41, 5.74) is 5.15. The Morgan fingerprint density at radius 2 is 1.60 bits per heavy atom. The normalized spacial score (nSPS) is 10.3. The third-order valence-corrected chi connectivity index (χ3v) is 3.52. The molecule has 1 amide bonds. The topological polar surface area (TPSA) is 29.1 Å². The molecule has 0 aliphatic heterocycles. The van der Waals surface area contributed by atoms with Crippen LogP contribution in [0.25, 0.3) is 0 Å². The fraction of sp³-hybridized carbons (Fsp3) is 0.278. The van der Waals surface area contributed by atoms with Gasteiger partial charge in [-0.15, -0.1) is 0 Å². The molecule has 2 rings (SSSR count). The standard InChI is InChI=1S/C18H21NO/c1-4-14-9-7-10-15(5-2)17(14)19-18(20)16-11-6-8-13(3)12-16/h6-12H,4-5H2,1-3H3,(H,19,20). The number of nitrogens with one attached hydrogen (secondary N) is 1. The van der Waals surface area contributed by atoms with E-state index >= 15 is 0 Å². The van der Waals surface area contributed by atoms with E-state index in [-0.39, 0.29) is 5.91 Å². The number of amides is 1. The molecular formula is C18H21NO. The van der Waals surface area contributed by atoms with Gasteiger partial charge in [0.15, 0.2) is 0 Å². The fourth-order valence-corrected chi connectivity index (χ4v) is 2.38. The lowest BCUT2D eigenvalue weighted by atomic mass is 10.0. The number of carbonyl (C=O) groups excluding carboxylic acids is 1. The molecular weight excluding hydrogens is 246 g/mol. The molecule has 0 heterocycles. The van der Waals surface area contributed by atoms with Crippen molar-refractivity contribution in [1.29, 1.82) is 0 Å². The van der Waals surface area contributed by atoms with Gasteiger partial charge < -0.3 is 5.32 Å². The third-order valence-electron chi connectivity index (χ3n) is 3.52. The maximum atomic E-state index is 12.4. The Kier molecular flexibility index (Phi) is 4.57. The maximum absolute atomic E-state index is 12.4. The van der Waals surface area contributed by atoms with Crippen molar-refractivity contribution in [3.8, 4) is 0 Å². The van der Waals surface area contributed by atoms with Gasteiger partial charge in [0.05, 0.1) is 0 Å². The largest absolute Gasteiger partial charge is 0.321 e. The van der Waals surface area contributed by atoms with Crippen molar-refractivity contribution < 1.29 is 4.79 Å². The summed E-state index contributed by atoms with van der Waals surface area (Å²) in [6.45, 7) is 6.21. The molecule has 104 valence electrons. The van der Waals surface area contributed by atoms with Crippen LogP contribution in [0.1, 0.15) is 40.9 Å². The summed E-state index contributed by atoms with van der Waals surface area (Å²) in [5, 5.41) is 3.09. The first-order valence-electron chi connectivity index (χ1n) is 7.14. The highest BCUT2D eigenvalue weighted by molar-refractivity contribution is 6.05. The summed E-state index contributed by atoms with van der Waals surface area (Å²) in [5.74, 6) is -0.0377. The van der Waals surface area contributed by atoms with Gasteiger partial charge in [-0.05, 0) is 43.0 Å². The molecule has 0 bridgehead atoms. The Morgan fingerprint density at radius 3 is 2.15 bits per heavy atom. The summed E-state index contributed by atoms with van der Waals surface area (Å²) < 4.78 is 0. The van der Waals surface area contributed by atoms with E-state index in [9.17, 15) is 4.79 Å². The van der Waals surface area contributed by atoms with Crippen LogP contribution in [0, 0.1) is 6.92 Å². The first kappa shape index (κ1) is 14.3. The molecule has 0 saturated heterocycles. The highest BCUT2D eigenvalue weighted by Crippen LogP contribution is 2.23. The number of benzene rings is 2. The molecule has 0 aliphatic rings. The second-order valence-electron chi connectivity index (χ2n) is 4.98. The Morgan fingerprint density at radius 1 is 1.00 bits per heavy atom. The fourth-order valence-electron chi connectivity index (χ4n) is 2.38. The van der Waals surface area contributed by atoms with Crippen molar-refractivity contribution in [1.82, 2.24) is 0 Å². The monoisotopic (exact) mass is 267 g/mol. The Balaban J connectivity index is 2.32. The van der Waals surface area contributed by atoms with Crippen LogP contribution in [0.3, 0.4) is 0 Å². The van der Waals surface area contributed by atoms with Crippen LogP contribution >= 0.6 is 0 Å². The molecule has 20 heavy (non-hydrogen) atoms. The number of carbonyl (C=O) groups is 1. The van der Waals surface area contributed by atoms with Crippen molar-refractivity contribution in [3.05, 3.63) is 64.7 Å². The number of hydrogen-bond acceptors (Lipinski definition) is 1. The van der Waals surface area contributed by atoms with Crippen molar-refractivity contribution in [2.45, 2.75) is 33.6 Å². The summed E-state index contributed by atoms with van der Waals surface area (Å²) in [6.07, 6.45) is 1.83. The minimum absolute atomic E-state index is 0.0377. The average molecular weight is 267 g/mol. The van der Waals surface area contributed by atoms with Gasteiger partial charge in [0.1, 0.15) is 0 Å². The van der Waals surface area contributed by atoms with E-state index in [2.05, 4.69) is 37.4 Å². The molecule has 0 aliphatic carbocycles. The smallest absolute Gasteiger partial charge is 0.255 e. The number of anilines is 1. The van der Waals surface area contributed by atoms with Crippen LogP contribution in [0.2, 0.25) is 0 Å². The van der Waals surface area contributed by atoms with Gasteiger partial charge in [-0.25, -0.2) is 0 Å². The minimum Gasteiger partial charge on any atom is -0.321 e. The highest BCUT2D eigenvalue weighted by Gasteiger charge is 2.11. The molecule has 2 aromatic carbocycles. The van der Waals surface area contributed by atoms with Gasteiger partial charge in [0.2, 0.25) is 0 Å². The second-order valence-corrected chi connectivity index (χ2v) is 4.98. The Labute approximate surface area is 120 Å². The highest BCUT2D eigenvalue weighted by atomic mass is 16.1. The Bertz CT molecular complexity index is 594. The van der Waals surface area contributed by atoms with Gasteiger partial charge in [-0.2, -0.15) is 0 Å². The van der Waals surface area contributed by atoms with Crippen molar-refractivity contribution in [2.24, 2.45) is 0 Å². The second kappa shape index (κ2) is 6.38. The first-order chi connectivity index (χ1) is 9.65. The molecule has 2 nitrogen and oxygen atoms in total. The third kappa shape index (κ3) is 3.08. The summed E-state index contributed by atoms with van der Waals surface area (Å²) in [4.78, 5) is 12.4. The van der Waals surface area contributed by atoms with Gasteiger partial charge in [-0.3, -0.25) is 4.79 Å². The maximum Gasteiger partial charge on any atom is 0.255 e. The van der Waals surface area contributed by atoms with Crippen LogP contribution < -0.4 is 5.32 Å². The molecule has 0 unspecified atom stereocenters. The lowest BCUT2D eigenvalue weighted by Crippen LogP contribution is -2.15. The summed E-state index contributed by atoms with van der Waals surface area (Å²) in [7, 11) is 0. The molecule has 1 N–H and O–H groups in total. The van der Waals surface area contributed by atoms with E-state index in [1.54, 1.807) is 0 Å². The van der Waals surface area contributed by atoms with E-state index in [1.165, 1.54) is 11.1 Å². The molecule has 2 aromatic rings. The van der Waals surface area contributed by atoms with Crippen molar-refractivity contribution in [3.63, 3.8) is 0 Å². The molecule has 0 fully saturated rings. The summed E-state index contributed by atoms with van der Waals surface area (Å²) >= 11 is 0. The Hall–Kier alpha value is -2.09. The van der Waals surface area contributed by atoms with Gasteiger partial charge in [0.25, 0.3) is 5.91 Å². The lowest BCUT2D eigenvalue weighted by Gasteiger charge is -2.14. The molecule has 0 aromatic heterocycles. The van der Waals surface area contributed by atoms with Crippen LogP contribution in [0.15, 0.2) is 42.5 Å². The van der Waals surface area contributed by atoms with Gasteiger partial charge >= 0.3 is 0 Å². The first-order valence-corrected chi connectivity index (χ1v) is 7.14. The molecule has 0 radical (unpaired) electrons. The predicted molar refractivity (Wildman–Crippen MR) is 84.3 cm³/mol. The zero-order chi connectivity index (χ0) is 14.5. The number of hydrogen-bond donors (Lipinski definition) is 1. The van der Waals surface area contributed by atoms with Gasteiger partial charge in [-0.1, -0.05) is 49.7 Å². The molecule has 0 spiro atoms. The quantitative estimate of drug-likeness (QED) is 0.875. The van der Waals surface area contributed by atoms with E-state index in [4.69, 9.17) is 0 Å². The van der Waals surface area contributed by atoms with Crippen molar-refractivity contribution in [2.75, 3.05) is 5.32 Å². The van der Waals surface area contributed by atoms with Gasteiger partial charge in [0, 0.05) is 11.3 Å². The van der Waals surface area contributed by atoms with Crippen LogP contribution in [-0.4, -0.2) is 5.91 Å². The number of para-hydroxylation sites is 1. The SMILES string of the molecule is CCc1cccc(CC)c1NC(=O)c1cccc(C)c1. The van der Waals surface area contributed by atoms with E-state index < -0.39 is 0 Å². The van der Waals surface area contributed by atoms with E-state index in [1.807, 2.05) is 31.2 Å². The van der Waals surface area contributed by atoms with Crippen LogP contribution in [-0.2, 0) is 12.8 Å². The zero-order valence-corrected chi connectivity index (χ0v) is 12.4. The minimum atomic E-state index is -0.0377.